The Morgan fingerprint density at radius 1 is 1.38 bits per heavy atom. The van der Waals surface area contributed by atoms with E-state index < -0.39 is 18.3 Å². The number of hydrogen-bond acceptors (Lipinski definition) is 2. The molecule has 3 N–H and O–H groups in total. The summed E-state index contributed by atoms with van der Waals surface area (Å²) < 4.78 is 37.2. The molecular formula is C10H11BrF3NO. The van der Waals surface area contributed by atoms with Crippen LogP contribution in [0.1, 0.15) is 17.2 Å². The second kappa shape index (κ2) is 4.73. The molecule has 2 nitrogen and oxygen atoms in total. The van der Waals surface area contributed by atoms with Crippen LogP contribution >= 0.6 is 15.9 Å². The highest BCUT2D eigenvalue weighted by Gasteiger charge is 2.43. The van der Waals surface area contributed by atoms with Gasteiger partial charge in [-0.25, -0.2) is 0 Å². The molecular weight excluding hydrogens is 287 g/mol. The van der Waals surface area contributed by atoms with Crippen LogP contribution < -0.4 is 5.73 Å². The van der Waals surface area contributed by atoms with Gasteiger partial charge in [-0.2, -0.15) is 13.2 Å². The third-order valence-corrected chi connectivity index (χ3v) is 2.88. The van der Waals surface area contributed by atoms with Gasteiger partial charge >= 0.3 is 6.18 Å². The lowest BCUT2D eigenvalue weighted by Gasteiger charge is -2.22. The predicted molar refractivity (Wildman–Crippen MR) is 57.9 cm³/mol. The molecule has 90 valence electrons. The average molecular weight is 298 g/mol. The van der Waals surface area contributed by atoms with Crippen molar-refractivity contribution in [3.05, 3.63) is 33.8 Å². The maximum absolute atomic E-state index is 12.3. The van der Waals surface area contributed by atoms with E-state index in [1.165, 1.54) is 6.07 Å². The first-order valence-electron chi connectivity index (χ1n) is 4.50. The van der Waals surface area contributed by atoms with Gasteiger partial charge in [0.25, 0.3) is 0 Å². The molecule has 0 aliphatic carbocycles. The van der Waals surface area contributed by atoms with Crippen LogP contribution in [0.25, 0.3) is 0 Å². The lowest BCUT2D eigenvalue weighted by molar-refractivity contribution is -0.210. The van der Waals surface area contributed by atoms with Crippen LogP contribution in [0.4, 0.5) is 13.2 Å². The zero-order valence-electron chi connectivity index (χ0n) is 8.42. The Hall–Kier alpha value is -0.590. The van der Waals surface area contributed by atoms with Gasteiger partial charge in [0.2, 0.25) is 0 Å². The molecule has 1 aromatic carbocycles. The summed E-state index contributed by atoms with van der Waals surface area (Å²) in [5.74, 6) is 0. The second-order valence-electron chi connectivity index (χ2n) is 3.54. The Bertz CT molecular complexity index is 381. The summed E-state index contributed by atoms with van der Waals surface area (Å²) in [5.41, 5.74) is 6.50. The maximum Gasteiger partial charge on any atom is 0.416 e. The monoisotopic (exact) mass is 297 g/mol. The molecule has 0 radical (unpaired) electrons. The molecule has 0 spiro atoms. The van der Waals surface area contributed by atoms with Crippen molar-refractivity contribution in [3.63, 3.8) is 0 Å². The lowest BCUT2D eigenvalue weighted by atomic mass is 10.0. The van der Waals surface area contributed by atoms with Crippen molar-refractivity contribution >= 4 is 15.9 Å². The summed E-state index contributed by atoms with van der Waals surface area (Å²) in [4.78, 5) is 0. The summed E-state index contributed by atoms with van der Waals surface area (Å²) in [6, 6.07) is 3.27. The summed E-state index contributed by atoms with van der Waals surface area (Å²) in [6.45, 7) is 1.81. The fourth-order valence-corrected chi connectivity index (χ4v) is 2.03. The van der Waals surface area contributed by atoms with Gasteiger partial charge in [-0.15, -0.1) is 0 Å². The lowest BCUT2D eigenvalue weighted by Crippen LogP contribution is -2.39. The van der Waals surface area contributed by atoms with Crippen molar-refractivity contribution in [3.8, 4) is 0 Å². The molecule has 6 heteroatoms. The van der Waals surface area contributed by atoms with Crippen molar-refractivity contribution in [1.29, 1.82) is 0 Å². The van der Waals surface area contributed by atoms with Crippen LogP contribution in [0.3, 0.4) is 0 Å². The summed E-state index contributed by atoms with van der Waals surface area (Å²) >= 11 is 3.12. The van der Waals surface area contributed by atoms with Gasteiger partial charge in [-0.05, 0) is 24.1 Å². The van der Waals surface area contributed by atoms with Crippen LogP contribution in [0, 0.1) is 6.92 Å². The molecule has 0 heterocycles. The highest BCUT2D eigenvalue weighted by Crippen LogP contribution is 2.32. The average Bonchev–Trinajstić information content (AvgIpc) is 2.14. The predicted octanol–water partition coefficient (Wildman–Crippen LogP) is 2.68. The number of hydrogen-bond donors (Lipinski definition) is 2. The first kappa shape index (κ1) is 13.5. The maximum atomic E-state index is 12.3. The van der Waals surface area contributed by atoms with E-state index in [2.05, 4.69) is 15.9 Å². The SMILES string of the molecule is Cc1ccc([C@H](N)[C@H](O)C(F)(F)F)c(Br)c1. The number of rotatable bonds is 2. The molecule has 1 rings (SSSR count). The topological polar surface area (TPSA) is 46.2 Å². The highest BCUT2D eigenvalue weighted by atomic mass is 79.9. The molecule has 0 aromatic heterocycles. The van der Waals surface area contributed by atoms with E-state index in [1.807, 2.05) is 0 Å². The van der Waals surface area contributed by atoms with Gasteiger partial charge in [0.1, 0.15) is 0 Å². The Labute approximate surface area is 99.4 Å². The molecule has 0 bridgehead atoms. The van der Waals surface area contributed by atoms with Crippen molar-refractivity contribution in [2.45, 2.75) is 25.2 Å². The second-order valence-corrected chi connectivity index (χ2v) is 4.39. The molecule has 0 saturated heterocycles. The van der Waals surface area contributed by atoms with Crippen LogP contribution in [0.15, 0.2) is 22.7 Å². The van der Waals surface area contributed by atoms with E-state index in [-0.39, 0.29) is 5.56 Å². The summed E-state index contributed by atoms with van der Waals surface area (Å²) in [5, 5.41) is 9.03. The van der Waals surface area contributed by atoms with Crippen molar-refractivity contribution in [2.75, 3.05) is 0 Å². The minimum atomic E-state index is -4.72. The number of alkyl halides is 3. The largest absolute Gasteiger partial charge is 0.416 e. The molecule has 1 aromatic rings. The fraction of sp³-hybridized carbons (Fsp3) is 0.400. The summed E-state index contributed by atoms with van der Waals surface area (Å²) in [7, 11) is 0. The van der Waals surface area contributed by atoms with Crippen LogP contribution in [-0.4, -0.2) is 17.4 Å². The normalized spacial score (nSPS) is 15.9. The number of halogens is 4. The zero-order chi connectivity index (χ0) is 12.5. The van der Waals surface area contributed by atoms with Gasteiger partial charge in [-0.3, -0.25) is 0 Å². The fourth-order valence-electron chi connectivity index (χ4n) is 1.28. The number of aryl methyl sites for hydroxylation is 1. The Morgan fingerprint density at radius 3 is 2.38 bits per heavy atom. The van der Waals surface area contributed by atoms with E-state index in [0.717, 1.165) is 5.56 Å². The standard InChI is InChI=1S/C10H11BrF3NO/c1-5-2-3-6(7(11)4-5)8(15)9(16)10(12,13)14/h2-4,8-9,16H,15H2,1H3/t8-,9-/m0/s1. The van der Waals surface area contributed by atoms with Crippen LogP contribution in [0.5, 0.6) is 0 Å². The first-order chi connectivity index (χ1) is 7.23. The van der Waals surface area contributed by atoms with E-state index in [0.29, 0.717) is 4.47 Å². The molecule has 0 unspecified atom stereocenters. The van der Waals surface area contributed by atoms with E-state index >= 15 is 0 Å². The van der Waals surface area contributed by atoms with Gasteiger partial charge in [-0.1, -0.05) is 28.1 Å². The smallest absolute Gasteiger partial charge is 0.382 e. The molecule has 2 atom stereocenters. The molecule has 0 fully saturated rings. The molecule has 0 aliphatic rings. The Morgan fingerprint density at radius 2 is 1.94 bits per heavy atom. The Balaban J connectivity index is 3.01. The minimum absolute atomic E-state index is 0.232. The van der Waals surface area contributed by atoms with Crippen molar-refractivity contribution in [2.24, 2.45) is 5.73 Å². The van der Waals surface area contributed by atoms with Crippen LogP contribution in [0.2, 0.25) is 0 Å². The van der Waals surface area contributed by atoms with E-state index in [1.54, 1.807) is 19.1 Å². The quantitative estimate of drug-likeness (QED) is 0.882. The van der Waals surface area contributed by atoms with Crippen LogP contribution in [-0.2, 0) is 0 Å². The van der Waals surface area contributed by atoms with E-state index in [4.69, 9.17) is 10.8 Å². The number of benzene rings is 1. The summed E-state index contributed by atoms with van der Waals surface area (Å²) in [6.07, 6.45) is -7.28. The third-order valence-electron chi connectivity index (χ3n) is 2.19. The minimum Gasteiger partial charge on any atom is -0.382 e. The van der Waals surface area contributed by atoms with Gasteiger partial charge < -0.3 is 10.8 Å². The number of nitrogens with two attached hydrogens (primary N) is 1. The molecule has 16 heavy (non-hydrogen) atoms. The van der Waals surface area contributed by atoms with E-state index in [9.17, 15) is 13.2 Å². The van der Waals surface area contributed by atoms with Crippen molar-refractivity contribution in [1.82, 2.24) is 0 Å². The Kier molecular flexibility index (Phi) is 3.98. The molecule has 0 aliphatic heterocycles. The number of aliphatic hydroxyl groups is 1. The third kappa shape index (κ3) is 2.96. The van der Waals surface area contributed by atoms with Gasteiger partial charge in [0, 0.05) is 4.47 Å². The highest BCUT2D eigenvalue weighted by molar-refractivity contribution is 9.10. The number of aliphatic hydroxyl groups excluding tert-OH is 1. The van der Waals surface area contributed by atoms with Gasteiger partial charge in [0.05, 0.1) is 6.04 Å². The first-order valence-corrected chi connectivity index (χ1v) is 5.29. The molecule has 0 amide bonds. The van der Waals surface area contributed by atoms with Crippen molar-refractivity contribution < 1.29 is 18.3 Å². The van der Waals surface area contributed by atoms with Gasteiger partial charge in [0.15, 0.2) is 6.10 Å². The molecule has 0 saturated carbocycles. The zero-order valence-corrected chi connectivity index (χ0v) is 10.0.